The highest BCUT2D eigenvalue weighted by Crippen LogP contribution is 2.38. The lowest BCUT2D eigenvalue weighted by Crippen LogP contribution is -2.32. The van der Waals surface area contributed by atoms with E-state index in [1.807, 2.05) is 13.8 Å². The molecule has 0 bridgehead atoms. The van der Waals surface area contributed by atoms with Crippen molar-refractivity contribution in [2.45, 2.75) is 45.6 Å². The zero-order valence-electron chi connectivity index (χ0n) is 14.1. The molecule has 2 aromatic rings. The molecule has 0 saturated heterocycles. The Balaban J connectivity index is 2.41. The number of rotatable bonds is 8. The standard InChI is InChI=1S/C16H19F4N3O2S/c1-3-9(21)7(2)23-14(22)13-5-8-4-10(24-15(17)18)11(25-16(19)20)6-12(8)26-13/h4-7,9,15-16H,3,21H2,1-2H3,(H2,22,23). The number of thiophene rings is 1. The Kier molecular flexibility index (Phi) is 6.65. The van der Waals surface area contributed by atoms with Gasteiger partial charge in [0.2, 0.25) is 0 Å². The number of alkyl halides is 4. The molecule has 2 rings (SSSR count). The van der Waals surface area contributed by atoms with E-state index in [2.05, 4.69) is 14.5 Å². The minimum Gasteiger partial charge on any atom is -0.431 e. The molecule has 1 aromatic heterocycles. The van der Waals surface area contributed by atoms with Crippen molar-refractivity contribution >= 4 is 27.3 Å². The van der Waals surface area contributed by atoms with Crippen LogP contribution in [0.4, 0.5) is 17.6 Å². The monoisotopic (exact) mass is 393 g/mol. The third-order valence-corrected chi connectivity index (χ3v) is 4.82. The lowest BCUT2D eigenvalue weighted by Gasteiger charge is -2.14. The zero-order chi connectivity index (χ0) is 19.4. The van der Waals surface area contributed by atoms with Gasteiger partial charge in [0.1, 0.15) is 5.84 Å². The van der Waals surface area contributed by atoms with Gasteiger partial charge in [-0.2, -0.15) is 17.6 Å². The van der Waals surface area contributed by atoms with Gasteiger partial charge in [-0.05, 0) is 30.9 Å². The van der Waals surface area contributed by atoms with Gasteiger partial charge in [0.15, 0.2) is 11.5 Å². The van der Waals surface area contributed by atoms with Crippen LogP contribution in [0.5, 0.6) is 11.5 Å². The molecule has 0 aliphatic carbocycles. The molecule has 4 N–H and O–H groups in total. The molecule has 0 spiro atoms. The van der Waals surface area contributed by atoms with Gasteiger partial charge in [0, 0.05) is 16.8 Å². The van der Waals surface area contributed by atoms with Crippen molar-refractivity contribution in [2.24, 2.45) is 16.5 Å². The number of hydrogen-bond acceptors (Lipinski definition) is 5. The second kappa shape index (κ2) is 8.54. The van der Waals surface area contributed by atoms with E-state index in [1.165, 1.54) is 23.5 Å². The SMILES string of the molecule is CCC(N)C(C)N=C(N)c1cc2cc(OC(F)F)c(OC(F)F)cc2s1. The molecule has 0 fully saturated rings. The van der Waals surface area contributed by atoms with Crippen LogP contribution in [0.15, 0.2) is 23.2 Å². The van der Waals surface area contributed by atoms with Crippen molar-refractivity contribution in [1.29, 1.82) is 0 Å². The quantitative estimate of drug-likeness (QED) is 0.404. The molecule has 0 aliphatic rings. The Bertz CT molecular complexity index is 735. The Morgan fingerprint density at radius 3 is 2.23 bits per heavy atom. The van der Waals surface area contributed by atoms with Gasteiger partial charge >= 0.3 is 13.2 Å². The third kappa shape index (κ3) is 4.98. The maximum atomic E-state index is 12.5. The number of amidine groups is 1. The van der Waals surface area contributed by atoms with Gasteiger partial charge in [0.05, 0.1) is 10.9 Å². The molecule has 144 valence electrons. The van der Waals surface area contributed by atoms with E-state index < -0.39 is 24.7 Å². The molecular weight excluding hydrogens is 374 g/mol. The molecule has 0 radical (unpaired) electrons. The number of fused-ring (bicyclic) bond motifs is 1. The Morgan fingerprint density at radius 1 is 1.12 bits per heavy atom. The Morgan fingerprint density at radius 2 is 1.69 bits per heavy atom. The molecule has 2 atom stereocenters. The van der Waals surface area contributed by atoms with Crippen LogP contribution in [0.1, 0.15) is 25.1 Å². The van der Waals surface area contributed by atoms with Crippen LogP contribution in [-0.2, 0) is 0 Å². The van der Waals surface area contributed by atoms with Gasteiger partial charge in [-0.25, -0.2) is 0 Å². The van der Waals surface area contributed by atoms with Crippen LogP contribution in [0.25, 0.3) is 10.1 Å². The summed E-state index contributed by atoms with van der Waals surface area (Å²) >= 11 is 1.17. The van der Waals surface area contributed by atoms with Crippen LogP contribution >= 0.6 is 11.3 Å². The lowest BCUT2D eigenvalue weighted by atomic mass is 10.1. The number of nitrogens with zero attached hydrogens (tertiary/aromatic N) is 1. The van der Waals surface area contributed by atoms with E-state index in [9.17, 15) is 17.6 Å². The average Bonchev–Trinajstić information content (AvgIpc) is 2.96. The molecule has 2 unspecified atom stereocenters. The van der Waals surface area contributed by atoms with Crippen LogP contribution in [0.2, 0.25) is 0 Å². The topological polar surface area (TPSA) is 82.9 Å². The normalized spacial score (nSPS) is 14.9. The fourth-order valence-electron chi connectivity index (χ4n) is 2.27. The third-order valence-electron chi connectivity index (χ3n) is 3.70. The summed E-state index contributed by atoms with van der Waals surface area (Å²) in [6.45, 7) is -2.58. The number of benzene rings is 1. The molecular formula is C16H19F4N3O2S. The molecule has 0 aliphatic heterocycles. The number of hydrogen-bond donors (Lipinski definition) is 2. The molecule has 1 aromatic carbocycles. The number of nitrogens with two attached hydrogens (primary N) is 2. The van der Waals surface area contributed by atoms with E-state index in [0.717, 1.165) is 6.42 Å². The summed E-state index contributed by atoms with van der Waals surface area (Å²) in [5.74, 6) is -0.720. The highest BCUT2D eigenvalue weighted by atomic mass is 32.1. The van der Waals surface area contributed by atoms with Crippen LogP contribution in [-0.4, -0.2) is 31.1 Å². The second-order valence-electron chi connectivity index (χ2n) is 5.53. The minimum atomic E-state index is -3.17. The Labute approximate surface area is 151 Å². The summed E-state index contributed by atoms with van der Waals surface area (Å²) in [6, 6.07) is 3.67. The highest BCUT2D eigenvalue weighted by Gasteiger charge is 2.18. The van der Waals surface area contributed by atoms with E-state index >= 15 is 0 Å². The largest absolute Gasteiger partial charge is 0.431 e. The first-order valence-electron chi connectivity index (χ1n) is 7.77. The Hall–Kier alpha value is -2.07. The summed E-state index contributed by atoms with van der Waals surface area (Å²) in [4.78, 5) is 4.89. The first-order valence-corrected chi connectivity index (χ1v) is 8.59. The van der Waals surface area contributed by atoms with Crippen molar-refractivity contribution in [1.82, 2.24) is 0 Å². The lowest BCUT2D eigenvalue weighted by molar-refractivity contribution is -0.0690. The maximum absolute atomic E-state index is 12.5. The minimum absolute atomic E-state index is 0.153. The van der Waals surface area contributed by atoms with Gasteiger partial charge in [0.25, 0.3) is 0 Å². The van der Waals surface area contributed by atoms with Crippen molar-refractivity contribution in [3.63, 3.8) is 0 Å². The van der Waals surface area contributed by atoms with Gasteiger partial charge in [-0.15, -0.1) is 11.3 Å². The number of aliphatic imine (C=N–C) groups is 1. The summed E-state index contributed by atoms with van der Waals surface area (Å²) in [7, 11) is 0. The molecule has 0 amide bonds. The van der Waals surface area contributed by atoms with Gasteiger partial charge < -0.3 is 20.9 Å². The summed E-state index contributed by atoms with van der Waals surface area (Å²) in [5.41, 5.74) is 11.9. The number of ether oxygens (including phenoxy) is 2. The van der Waals surface area contributed by atoms with E-state index in [4.69, 9.17) is 11.5 Å². The van der Waals surface area contributed by atoms with Crippen LogP contribution < -0.4 is 20.9 Å². The van der Waals surface area contributed by atoms with Crippen LogP contribution in [0.3, 0.4) is 0 Å². The predicted octanol–water partition coefficient (Wildman–Crippen LogP) is 3.94. The fraction of sp³-hybridized carbons (Fsp3) is 0.438. The first kappa shape index (κ1) is 20.2. The summed E-state index contributed by atoms with van der Waals surface area (Å²) < 4.78 is 59.1. The smallest absolute Gasteiger partial charge is 0.387 e. The van der Waals surface area contributed by atoms with Crippen molar-refractivity contribution in [3.8, 4) is 11.5 Å². The first-order chi connectivity index (χ1) is 12.2. The van der Waals surface area contributed by atoms with Gasteiger partial charge in [-0.3, -0.25) is 4.99 Å². The molecule has 26 heavy (non-hydrogen) atoms. The van der Waals surface area contributed by atoms with Crippen molar-refractivity contribution < 1.29 is 27.0 Å². The van der Waals surface area contributed by atoms with Gasteiger partial charge in [-0.1, -0.05) is 6.92 Å². The van der Waals surface area contributed by atoms with Crippen LogP contribution in [0, 0.1) is 0 Å². The zero-order valence-corrected chi connectivity index (χ0v) is 14.9. The number of halogens is 4. The molecule has 5 nitrogen and oxygen atoms in total. The maximum Gasteiger partial charge on any atom is 0.387 e. The van der Waals surface area contributed by atoms with E-state index in [1.54, 1.807) is 6.07 Å². The summed E-state index contributed by atoms with van der Waals surface area (Å²) in [5, 5.41) is 0.493. The van der Waals surface area contributed by atoms with E-state index in [0.29, 0.717) is 15.0 Å². The van der Waals surface area contributed by atoms with Crippen molar-refractivity contribution in [2.75, 3.05) is 0 Å². The second-order valence-corrected chi connectivity index (χ2v) is 6.62. The highest BCUT2D eigenvalue weighted by molar-refractivity contribution is 7.20. The molecule has 0 saturated carbocycles. The molecule has 1 heterocycles. The summed E-state index contributed by atoms with van der Waals surface area (Å²) in [6.07, 6.45) is 0.729. The fourth-order valence-corrected chi connectivity index (χ4v) is 3.25. The molecule has 10 heteroatoms. The predicted molar refractivity (Wildman–Crippen MR) is 93.5 cm³/mol. The van der Waals surface area contributed by atoms with E-state index in [-0.39, 0.29) is 17.9 Å². The average molecular weight is 393 g/mol. The van der Waals surface area contributed by atoms with Crippen molar-refractivity contribution in [3.05, 3.63) is 23.1 Å².